The summed E-state index contributed by atoms with van der Waals surface area (Å²) >= 11 is 0. The molecular weight excluding hydrogens is 354 g/mol. The average molecular weight is 379 g/mol. The second kappa shape index (κ2) is 9.47. The highest BCUT2D eigenvalue weighted by atomic mass is 16.5. The molecule has 0 fully saturated rings. The summed E-state index contributed by atoms with van der Waals surface area (Å²) in [6.07, 6.45) is 1.43. The van der Waals surface area contributed by atoms with Crippen molar-refractivity contribution in [2.45, 2.75) is 26.7 Å². The van der Waals surface area contributed by atoms with Gasteiger partial charge in [-0.15, -0.1) is 0 Å². The van der Waals surface area contributed by atoms with Crippen LogP contribution in [0.25, 0.3) is 0 Å². The Morgan fingerprint density at radius 2 is 1.86 bits per heavy atom. The molecule has 6 nitrogen and oxygen atoms in total. The van der Waals surface area contributed by atoms with E-state index in [2.05, 4.69) is 24.5 Å². The van der Waals surface area contributed by atoms with Gasteiger partial charge in [0.05, 0.1) is 14.2 Å². The quantitative estimate of drug-likeness (QED) is 0.543. The molecule has 0 aromatic heterocycles. The molecule has 0 saturated carbocycles. The zero-order valence-corrected chi connectivity index (χ0v) is 16.8. The highest BCUT2D eigenvalue weighted by Gasteiger charge is 2.13. The lowest BCUT2D eigenvalue weighted by molar-refractivity contribution is -0.112. The molecule has 0 aliphatic carbocycles. The van der Waals surface area contributed by atoms with Gasteiger partial charge in [-0.25, -0.2) is 0 Å². The van der Waals surface area contributed by atoms with Crippen molar-refractivity contribution in [2.75, 3.05) is 24.9 Å². The van der Waals surface area contributed by atoms with Gasteiger partial charge in [0.15, 0.2) is 11.5 Å². The van der Waals surface area contributed by atoms with E-state index in [-0.39, 0.29) is 5.57 Å². The topological polar surface area (TPSA) is 83.4 Å². The third kappa shape index (κ3) is 4.83. The number of anilines is 2. The maximum Gasteiger partial charge on any atom is 0.267 e. The number of carbonyl (C=O) groups is 1. The SMILES string of the molecule is COc1ccc(NC(=O)/C(C#N)=C\Nc2c(C)cccc2C(C)C)cc1OC. The zero-order chi connectivity index (χ0) is 20.7. The van der Waals surface area contributed by atoms with Gasteiger partial charge in [-0.3, -0.25) is 4.79 Å². The second-order valence-corrected chi connectivity index (χ2v) is 6.53. The summed E-state index contributed by atoms with van der Waals surface area (Å²) in [4.78, 5) is 12.5. The number of nitrogens with zero attached hydrogens (tertiary/aromatic N) is 1. The Morgan fingerprint density at radius 3 is 2.46 bits per heavy atom. The number of aryl methyl sites for hydroxylation is 1. The Bertz CT molecular complexity index is 927. The molecule has 0 saturated heterocycles. The van der Waals surface area contributed by atoms with Gasteiger partial charge in [-0.1, -0.05) is 32.0 Å². The minimum absolute atomic E-state index is 0.0345. The molecule has 0 bridgehead atoms. The summed E-state index contributed by atoms with van der Waals surface area (Å²) in [5.74, 6) is 0.838. The Hall–Kier alpha value is -3.46. The molecule has 0 atom stereocenters. The molecule has 0 aliphatic rings. The number of hydrogen-bond acceptors (Lipinski definition) is 5. The van der Waals surface area contributed by atoms with Crippen LogP contribution in [-0.4, -0.2) is 20.1 Å². The Balaban J connectivity index is 2.22. The van der Waals surface area contributed by atoms with Crippen LogP contribution < -0.4 is 20.1 Å². The Morgan fingerprint density at radius 1 is 1.14 bits per heavy atom. The molecule has 0 aliphatic heterocycles. The predicted octanol–water partition coefficient (Wildman–Crippen LogP) is 4.59. The summed E-state index contributed by atoms with van der Waals surface area (Å²) < 4.78 is 10.4. The molecule has 0 spiro atoms. The van der Waals surface area contributed by atoms with Crippen molar-refractivity contribution in [1.29, 1.82) is 5.26 Å². The minimum atomic E-state index is -0.512. The number of nitriles is 1. The Labute approximate surface area is 165 Å². The van der Waals surface area contributed by atoms with E-state index in [1.54, 1.807) is 18.2 Å². The molecule has 2 aromatic carbocycles. The van der Waals surface area contributed by atoms with E-state index >= 15 is 0 Å². The van der Waals surface area contributed by atoms with E-state index in [1.165, 1.54) is 20.4 Å². The third-order valence-electron chi connectivity index (χ3n) is 4.29. The predicted molar refractivity (Wildman–Crippen MR) is 111 cm³/mol. The van der Waals surface area contributed by atoms with Gasteiger partial charge in [-0.05, 0) is 36.1 Å². The lowest BCUT2D eigenvalue weighted by atomic mass is 9.98. The molecule has 146 valence electrons. The number of rotatable bonds is 7. The first-order valence-corrected chi connectivity index (χ1v) is 8.91. The van der Waals surface area contributed by atoms with Gasteiger partial charge in [0.1, 0.15) is 11.6 Å². The van der Waals surface area contributed by atoms with Gasteiger partial charge in [0, 0.05) is 23.6 Å². The van der Waals surface area contributed by atoms with Crippen LogP contribution in [0.2, 0.25) is 0 Å². The standard InChI is InChI=1S/C22H25N3O3/c1-14(2)18-8-6-7-15(3)21(18)24-13-16(12-23)22(26)25-17-9-10-19(27-4)20(11-17)28-5/h6-11,13-14,24H,1-5H3,(H,25,26)/b16-13-. The number of hydrogen-bond donors (Lipinski definition) is 2. The maximum atomic E-state index is 12.5. The molecule has 1 amide bonds. The monoisotopic (exact) mass is 379 g/mol. The fourth-order valence-electron chi connectivity index (χ4n) is 2.77. The van der Waals surface area contributed by atoms with Crippen molar-refractivity contribution in [1.82, 2.24) is 0 Å². The highest BCUT2D eigenvalue weighted by Crippen LogP contribution is 2.30. The van der Waals surface area contributed by atoms with Crippen LogP contribution >= 0.6 is 0 Å². The van der Waals surface area contributed by atoms with Crippen molar-refractivity contribution < 1.29 is 14.3 Å². The molecule has 0 heterocycles. The van der Waals surface area contributed by atoms with Crippen molar-refractivity contribution in [3.8, 4) is 17.6 Å². The summed E-state index contributed by atoms with van der Waals surface area (Å²) in [6, 6.07) is 13.0. The summed E-state index contributed by atoms with van der Waals surface area (Å²) in [6.45, 7) is 6.18. The van der Waals surface area contributed by atoms with Crippen LogP contribution in [-0.2, 0) is 4.79 Å². The smallest absolute Gasteiger partial charge is 0.267 e. The minimum Gasteiger partial charge on any atom is -0.493 e. The summed E-state index contributed by atoms with van der Waals surface area (Å²) in [5.41, 5.74) is 3.54. The van der Waals surface area contributed by atoms with Crippen LogP contribution in [0, 0.1) is 18.3 Å². The Kier molecular flexibility index (Phi) is 7.05. The number of nitrogens with one attached hydrogen (secondary N) is 2. The number of methoxy groups -OCH3 is 2. The maximum absolute atomic E-state index is 12.5. The summed E-state index contributed by atoms with van der Waals surface area (Å²) in [5, 5.41) is 15.3. The molecular formula is C22H25N3O3. The first-order valence-electron chi connectivity index (χ1n) is 8.91. The van der Waals surface area contributed by atoms with Crippen LogP contribution in [0.3, 0.4) is 0 Å². The number of amides is 1. The first-order chi connectivity index (χ1) is 13.4. The van der Waals surface area contributed by atoms with Gasteiger partial charge in [0.2, 0.25) is 0 Å². The molecule has 28 heavy (non-hydrogen) atoms. The van der Waals surface area contributed by atoms with Crippen molar-refractivity contribution in [3.63, 3.8) is 0 Å². The largest absolute Gasteiger partial charge is 0.493 e. The molecule has 2 N–H and O–H groups in total. The van der Waals surface area contributed by atoms with Gasteiger partial charge in [0.25, 0.3) is 5.91 Å². The second-order valence-electron chi connectivity index (χ2n) is 6.53. The molecule has 0 radical (unpaired) electrons. The number of carbonyl (C=O) groups excluding carboxylic acids is 1. The third-order valence-corrected chi connectivity index (χ3v) is 4.29. The van der Waals surface area contributed by atoms with Gasteiger partial charge >= 0.3 is 0 Å². The lowest BCUT2D eigenvalue weighted by Gasteiger charge is -2.15. The van der Waals surface area contributed by atoms with E-state index in [4.69, 9.17) is 9.47 Å². The van der Waals surface area contributed by atoms with Crippen molar-refractivity contribution in [2.24, 2.45) is 0 Å². The molecule has 2 rings (SSSR count). The van der Waals surface area contributed by atoms with E-state index in [0.717, 1.165) is 16.8 Å². The van der Waals surface area contributed by atoms with E-state index < -0.39 is 5.91 Å². The van der Waals surface area contributed by atoms with Crippen LogP contribution in [0.1, 0.15) is 30.9 Å². The highest BCUT2D eigenvalue weighted by molar-refractivity contribution is 6.06. The van der Waals surface area contributed by atoms with Crippen LogP contribution in [0.15, 0.2) is 48.2 Å². The fraction of sp³-hybridized carbons (Fsp3) is 0.273. The number of ether oxygens (including phenoxy) is 2. The van der Waals surface area contributed by atoms with Crippen LogP contribution in [0.4, 0.5) is 11.4 Å². The molecule has 6 heteroatoms. The fourth-order valence-corrected chi connectivity index (χ4v) is 2.77. The van der Waals surface area contributed by atoms with E-state index in [9.17, 15) is 10.1 Å². The van der Waals surface area contributed by atoms with E-state index in [1.807, 2.05) is 31.2 Å². The van der Waals surface area contributed by atoms with E-state index in [0.29, 0.717) is 23.1 Å². The first kappa shape index (κ1) is 20.8. The number of para-hydroxylation sites is 1. The summed E-state index contributed by atoms with van der Waals surface area (Å²) in [7, 11) is 3.05. The number of benzene rings is 2. The van der Waals surface area contributed by atoms with Gasteiger partial charge < -0.3 is 20.1 Å². The van der Waals surface area contributed by atoms with Crippen molar-refractivity contribution in [3.05, 3.63) is 59.3 Å². The average Bonchev–Trinajstić information content (AvgIpc) is 2.69. The molecule has 2 aromatic rings. The molecule has 0 unspecified atom stereocenters. The van der Waals surface area contributed by atoms with Crippen LogP contribution in [0.5, 0.6) is 11.5 Å². The van der Waals surface area contributed by atoms with Gasteiger partial charge in [-0.2, -0.15) is 5.26 Å². The normalized spacial score (nSPS) is 11.0. The van der Waals surface area contributed by atoms with Crippen molar-refractivity contribution >= 4 is 17.3 Å². The lowest BCUT2D eigenvalue weighted by Crippen LogP contribution is -2.15. The zero-order valence-electron chi connectivity index (χ0n) is 16.8.